The second-order valence-corrected chi connectivity index (χ2v) is 8.14. The van der Waals surface area contributed by atoms with Crippen LogP contribution in [0.15, 0.2) is 29.2 Å². The average molecular weight is 411 g/mol. The van der Waals surface area contributed by atoms with E-state index in [0.717, 1.165) is 36.1 Å². The summed E-state index contributed by atoms with van der Waals surface area (Å²) >= 11 is 0. The highest BCUT2D eigenvalue weighted by Gasteiger charge is 2.23. The van der Waals surface area contributed by atoms with Crippen molar-refractivity contribution in [2.45, 2.75) is 51.4 Å². The van der Waals surface area contributed by atoms with E-state index in [0.29, 0.717) is 36.7 Å². The van der Waals surface area contributed by atoms with Crippen LogP contribution in [0, 0.1) is 0 Å². The van der Waals surface area contributed by atoms with Crippen LogP contribution in [0.5, 0.6) is 0 Å². The van der Waals surface area contributed by atoms with Gasteiger partial charge in [-0.2, -0.15) is 0 Å². The van der Waals surface area contributed by atoms with Crippen LogP contribution < -0.4 is 5.56 Å². The number of carbonyl (C=O) groups excluding carboxylic acids is 1. The molecule has 2 heterocycles. The van der Waals surface area contributed by atoms with Crippen LogP contribution >= 0.6 is 0 Å². The number of methoxy groups -OCH3 is 1. The SMILES string of the molecule is CCCN(CCOC)C(=O)c1ccc2[nH]c(=O)c3cnc(C4CCCCC4)n3c2c1. The molecule has 1 aliphatic rings. The van der Waals surface area contributed by atoms with Gasteiger partial charge in [-0.3, -0.25) is 14.0 Å². The predicted octanol–water partition coefficient (Wildman–Crippen LogP) is 3.72. The molecule has 3 aromatic rings. The van der Waals surface area contributed by atoms with Gasteiger partial charge in [0, 0.05) is 31.7 Å². The number of imidazole rings is 1. The lowest BCUT2D eigenvalue weighted by molar-refractivity contribution is 0.0696. The molecule has 1 amide bonds. The molecule has 4 rings (SSSR count). The number of hydrogen-bond acceptors (Lipinski definition) is 4. The van der Waals surface area contributed by atoms with Gasteiger partial charge in [-0.25, -0.2) is 4.98 Å². The number of ether oxygens (including phenoxy) is 1. The highest BCUT2D eigenvalue weighted by molar-refractivity contribution is 5.97. The van der Waals surface area contributed by atoms with Crippen LogP contribution in [0.1, 0.15) is 67.5 Å². The highest BCUT2D eigenvalue weighted by Crippen LogP contribution is 2.33. The number of rotatable bonds is 7. The number of hydrogen-bond donors (Lipinski definition) is 1. The molecule has 160 valence electrons. The molecule has 30 heavy (non-hydrogen) atoms. The fourth-order valence-corrected chi connectivity index (χ4v) is 4.54. The highest BCUT2D eigenvalue weighted by atomic mass is 16.5. The molecule has 7 heteroatoms. The van der Waals surface area contributed by atoms with E-state index in [9.17, 15) is 9.59 Å². The van der Waals surface area contributed by atoms with E-state index in [1.807, 2.05) is 21.4 Å². The first-order valence-corrected chi connectivity index (χ1v) is 11.0. The zero-order chi connectivity index (χ0) is 21.1. The smallest absolute Gasteiger partial charge is 0.274 e. The Morgan fingerprint density at radius 1 is 1.23 bits per heavy atom. The maximum atomic E-state index is 13.2. The summed E-state index contributed by atoms with van der Waals surface area (Å²) < 4.78 is 7.14. The fourth-order valence-electron chi connectivity index (χ4n) is 4.54. The number of carbonyl (C=O) groups is 1. The lowest BCUT2D eigenvalue weighted by atomic mass is 9.88. The third-order valence-corrected chi connectivity index (χ3v) is 6.07. The lowest BCUT2D eigenvalue weighted by Gasteiger charge is -2.22. The van der Waals surface area contributed by atoms with Crippen molar-refractivity contribution in [2.24, 2.45) is 0 Å². The van der Waals surface area contributed by atoms with Gasteiger partial charge in [0.05, 0.1) is 23.8 Å². The molecular weight excluding hydrogens is 380 g/mol. The third kappa shape index (κ3) is 3.86. The monoisotopic (exact) mass is 410 g/mol. The maximum Gasteiger partial charge on any atom is 0.274 e. The van der Waals surface area contributed by atoms with Crippen molar-refractivity contribution in [2.75, 3.05) is 26.8 Å². The van der Waals surface area contributed by atoms with Gasteiger partial charge in [0.1, 0.15) is 11.3 Å². The molecule has 1 aliphatic carbocycles. The van der Waals surface area contributed by atoms with Gasteiger partial charge >= 0.3 is 0 Å². The normalized spacial score (nSPS) is 15.1. The molecule has 0 radical (unpaired) electrons. The van der Waals surface area contributed by atoms with Gasteiger partial charge in [-0.05, 0) is 37.5 Å². The van der Waals surface area contributed by atoms with Crippen molar-refractivity contribution in [1.82, 2.24) is 19.3 Å². The van der Waals surface area contributed by atoms with Crippen molar-refractivity contribution in [1.29, 1.82) is 0 Å². The van der Waals surface area contributed by atoms with E-state index in [1.54, 1.807) is 19.4 Å². The Bertz CT molecular complexity index is 1090. The molecule has 0 spiro atoms. The number of nitrogens with zero attached hydrogens (tertiary/aromatic N) is 3. The standard InChI is InChI=1S/C23H30N4O3/c1-3-11-26(12-13-30-2)23(29)17-9-10-18-19(14-17)27-20(22(28)25-18)15-24-21(27)16-7-5-4-6-8-16/h9-10,14-16H,3-8,11-13H2,1-2H3,(H,25,28). The Morgan fingerprint density at radius 2 is 2.03 bits per heavy atom. The maximum absolute atomic E-state index is 13.2. The first-order valence-electron chi connectivity index (χ1n) is 11.0. The largest absolute Gasteiger partial charge is 0.383 e. The summed E-state index contributed by atoms with van der Waals surface area (Å²) in [6.45, 7) is 3.80. The second kappa shape index (κ2) is 9.00. The second-order valence-electron chi connectivity index (χ2n) is 8.14. The molecular formula is C23H30N4O3. The van der Waals surface area contributed by atoms with Crippen LogP contribution in [0.2, 0.25) is 0 Å². The molecule has 1 N–H and O–H groups in total. The van der Waals surface area contributed by atoms with Gasteiger partial charge in [0.25, 0.3) is 11.5 Å². The summed E-state index contributed by atoms with van der Waals surface area (Å²) in [5.41, 5.74) is 2.56. The minimum atomic E-state index is -0.149. The zero-order valence-electron chi connectivity index (χ0n) is 17.8. The number of aromatic amines is 1. The molecule has 0 saturated heterocycles. The molecule has 0 bridgehead atoms. The quantitative estimate of drug-likeness (QED) is 0.644. The molecule has 1 fully saturated rings. The average Bonchev–Trinajstić information content (AvgIpc) is 3.23. The van der Waals surface area contributed by atoms with E-state index in [1.165, 1.54) is 19.3 Å². The molecule has 0 atom stereocenters. The van der Waals surface area contributed by atoms with E-state index >= 15 is 0 Å². The Hall–Kier alpha value is -2.67. The number of nitrogens with one attached hydrogen (secondary N) is 1. The summed E-state index contributed by atoms with van der Waals surface area (Å²) in [5.74, 6) is 1.27. The topological polar surface area (TPSA) is 79.7 Å². The van der Waals surface area contributed by atoms with Crippen LogP contribution in [-0.4, -0.2) is 52.0 Å². The first kappa shape index (κ1) is 20.6. The lowest BCUT2D eigenvalue weighted by Crippen LogP contribution is -2.34. The number of fused-ring (bicyclic) bond motifs is 3. The summed E-state index contributed by atoms with van der Waals surface area (Å²) in [7, 11) is 1.64. The van der Waals surface area contributed by atoms with E-state index in [2.05, 4.69) is 16.9 Å². The van der Waals surface area contributed by atoms with Crippen molar-refractivity contribution in [3.8, 4) is 0 Å². The predicted molar refractivity (Wildman–Crippen MR) is 117 cm³/mol. The molecule has 0 aliphatic heterocycles. The van der Waals surface area contributed by atoms with Crippen LogP contribution in [0.3, 0.4) is 0 Å². The Balaban J connectivity index is 1.81. The van der Waals surface area contributed by atoms with Crippen molar-refractivity contribution >= 4 is 22.5 Å². The number of amides is 1. The fraction of sp³-hybridized carbons (Fsp3) is 0.522. The minimum absolute atomic E-state index is 0.0190. The van der Waals surface area contributed by atoms with E-state index in [-0.39, 0.29) is 11.5 Å². The van der Waals surface area contributed by atoms with Gasteiger partial charge in [-0.15, -0.1) is 0 Å². The molecule has 2 aromatic heterocycles. The van der Waals surface area contributed by atoms with Crippen molar-refractivity contribution < 1.29 is 9.53 Å². The zero-order valence-corrected chi connectivity index (χ0v) is 17.8. The van der Waals surface area contributed by atoms with E-state index < -0.39 is 0 Å². The molecule has 0 unspecified atom stereocenters. The third-order valence-electron chi connectivity index (χ3n) is 6.07. The molecule has 7 nitrogen and oxygen atoms in total. The van der Waals surface area contributed by atoms with Crippen LogP contribution in [0.4, 0.5) is 0 Å². The number of aromatic nitrogens is 3. The van der Waals surface area contributed by atoms with Gasteiger partial charge in [0.15, 0.2) is 0 Å². The Morgan fingerprint density at radius 3 is 2.77 bits per heavy atom. The summed E-state index contributed by atoms with van der Waals surface area (Å²) in [5, 5.41) is 0. The minimum Gasteiger partial charge on any atom is -0.383 e. The van der Waals surface area contributed by atoms with Crippen LogP contribution in [0.25, 0.3) is 16.6 Å². The Kier molecular flexibility index (Phi) is 6.18. The number of benzene rings is 1. The number of H-pyrrole nitrogens is 1. The summed E-state index contributed by atoms with van der Waals surface area (Å²) in [6.07, 6.45) is 8.37. The van der Waals surface area contributed by atoms with Crippen molar-refractivity contribution in [3.63, 3.8) is 0 Å². The molecule has 1 saturated carbocycles. The first-order chi connectivity index (χ1) is 14.6. The summed E-state index contributed by atoms with van der Waals surface area (Å²) in [4.78, 5) is 35.2. The van der Waals surface area contributed by atoms with Gasteiger partial charge in [-0.1, -0.05) is 26.2 Å². The van der Waals surface area contributed by atoms with Gasteiger partial charge in [0.2, 0.25) is 0 Å². The van der Waals surface area contributed by atoms with E-state index in [4.69, 9.17) is 4.74 Å². The van der Waals surface area contributed by atoms with Crippen LogP contribution in [-0.2, 0) is 4.74 Å². The Labute approximate surface area is 176 Å². The molecule has 1 aromatic carbocycles. The van der Waals surface area contributed by atoms with Crippen molar-refractivity contribution in [3.05, 3.63) is 46.1 Å². The summed E-state index contributed by atoms with van der Waals surface area (Å²) in [6, 6.07) is 5.51. The van der Waals surface area contributed by atoms with Gasteiger partial charge < -0.3 is 14.6 Å².